The van der Waals surface area contributed by atoms with Gasteiger partial charge in [0.15, 0.2) is 5.54 Å². The van der Waals surface area contributed by atoms with Gasteiger partial charge in [0.1, 0.15) is 6.10 Å². The van der Waals surface area contributed by atoms with Gasteiger partial charge in [0.25, 0.3) is 0 Å². The topological polar surface area (TPSA) is 53.3 Å². The van der Waals surface area contributed by atoms with E-state index in [0.29, 0.717) is 24.2 Å². The lowest BCUT2D eigenvalue weighted by Crippen LogP contribution is -2.49. The third kappa shape index (κ3) is 4.10. The van der Waals surface area contributed by atoms with Crippen molar-refractivity contribution in [1.29, 1.82) is 5.26 Å². The first-order valence-electron chi connectivity index (χ1n) is 10.6. The summed E-state index contributed by atoms with van der Waals surface area (Å²) in [4.78, 5) is 14.9. The number of rotatable bonds is 4. The first-order chi connectivity index (χ1) is 13.8. The van der Waals surface area contributed by atoms with Gasteiger partial charge in [0.05, 0.1) is 6.07 Å². The Kier molecular flexibility index (Phi) is 6.17. The standard InChI is InChI=1S/C25H32N2O2/c1-17(2)15-25(16-26)22-9-7-6-8-20(22)12-13-27(25)24(28)29-23-14-19(5)10-11-21(23)18(3)4/h6-9,12-13,18-19,21,23H,1,10-11,14-15H2,2-5H3/t19-,21+,23-,25?/m1/s1. The molecule has 29 heavy (non-hydrogen) atoms. The summed E-state index contributed by atoms with van der Waals surface area (Å²) >= 11 is 0. The van der Waals surface area contributed by atoms with E-state index in [1.807, 2.05) is 37.3 Å². The molecule has 1 unspecified atom stereocenters. The molecule has 2 aliphatic rings. The van der Waals surface area contributed by atoms with Crippen LogP contribution in [-0.4, -0.2) is 17.1 Å². The summed E-state index contributed by atoms with van der Waals surface area (Å²) in [5.74, 6) is 1.35. The van der Waals surface area contributed by atoms with Crippen molar-refractivity contribution in [3.63, 3.8) is 0 Å². The summed E-state index contributed by atoms with van der Waals surface area (Å²) in [6.07, 6.45) is 6.52. The molecule has 3 rings (SSSR count). The molecule has 1 saturated carbocycles. The zero-order chi connectivity index (χ0) is 21.2. The van der Waals surface area contributed by atoms with E-state index in [2.05, 4.69) is 33.4 Å². The minimum atomic E-state index is -1.14. The van der Waals surface area contributed by atoms with E-state index in [1.54, 1.807) is 6.20 Å². The maximum Gasteiger partial charge on any atom is 0.415 e. The van der Waals surface area contributed by atoms with Crippen LogP contribution in [0, 0.1) is 29.1 Å². The van der Waals surface area contributed by atoms with Crippen molar-refractivity contribution in [2.24, 2.45) is 17.8 Å². The summed E-state index contributed by atoms with van der Waals surface area (Å²) in [6, 6.07) is 10.2. The van der Waals surface area contributed by atoms with Gasteiger partial charge in [-0.05, 0) is 49.2 Å². The molecule has 154 valence electrons. The number of benzene rings is 1. The molecule has 4 nitrogen and oxygen atoms in total. The molecule has 0 saturated heterocycles. The van der Waals surface area contributed by atoms with Gasteiger partial charge in [-0.2, -0.15) is 5.26 Å². The molecule has 0 spiro atoms. The van der Waals surface area contributed by atoms with E-state index in [1.165, 1.54) is 11.3 Å². The van der Waals surface area contributed by atoms with Crippen LogP contribution in [0.3, 0.4) is 0 Å². The molecule has 1 heterocycles. The fourth-order valence-corrected chi connectivity index (χ4v) is 4.85. The summed E-state index contributed by atoms with van der Waals surface area (Å²) < 4.78 is 6.08. The maximum absolute atomic E-state index is 13.4. The van der Waals surface area contributed by atoms with Gasteiger partial charge < -0.3 is 4.74 Å². The number of carbonyl (C=O) groups excluding carboxylic acids is 1. The van der Waals surface area contributed by atoms with E-state index in [-0.39, 0.29) is 6.10 Å². The van der Waals surface area contributed by atoms with E-state index >= 15 is 0 Å². The summed E-state index contributed by atoms with van der Waals surface area (Å²) in [7, 11) is 0. The average molecular weight is 393 g/mol. The summed E-state index contributed by atoms with van der Waals surface area (Å²) in [5, 5.41) is 10.3. The molecular weight excluding hydrogens is 360 g/mol. The van der Waals surface area contributed by atoms with Gasteiger partial charge in [0.2, 0.25) is 0 Å². The minimum absolute atomic E-state index is 0.113. The van der Waals surface area contributed by atoms with Gasteiger partial charge in [-0.25, -0.2) is 4.79 Å². The average Bonchev–Trinajstić information content (AvgIpc) is 2.67. The fraction of sp³-hybridized carbons (Fsp3) is 0.520. The minimum Gasteiger partial charge on any atom is -0.446 e. The molecule has 0 aromatic heterocycles. The van der Waals surface area contributed by atoms with Crippen molar-refractivity contribution in [2.45, 2.75) is 65.0 Å². The third-order valence-corrected chi connectivity index (χ3v) is 6.37. The zero-order valence-corrected chi connectivity index (χ0v) is 18.0. The van der Waals surface area contributed by atoms with Crippen molar-refractivity contribution in [3.05, 3.63) is 53.7 Å². The Morgan fingerprint density at radius 1 is 1.38 bits per heavy atom. The molecular formula is C25H32N2O2. The Morgan fingerprint density at radius 2 is 2.10 bits per heavy atom. The Morgan fingerprint density at radius 3 is 2.76 bits per heavy atom. The number of carbonyl (C=O) groups is 1. The maximum atomic E-state index is 13.4. The van der Waals surface area contributed by atoms with Crippen LogP contribution in [0.5, 0.6) is 0 Å². The third-order valence-electron chi connectivity index (χ3n) is 6.37. The van der Waals surface area contributed by atoms with Crippen molar-refractivity contribution in [1.82, 2.24) is 4.90 Å². The molecule has 1 fully saturated rings. The molecule has 1 aliphatic heterocycles. The van der Waals surface area contributed by atoms with E-state index in [4.69, 9.17) is 4.74 Å². The smallest absolute Gasteiger partial charge is 0.415 e. The van der Waals surface area contributed by atoms with E-state index in [0.717, 1.165) is 29.5 Å². The largest absolute Gasteiger partial charge is 0.446 e. The monoisotopic (exact) mass is 392 g/mol. The van der Waals surface area contributed by atoms with E-state index < -0.39 is 11.6 Å². The van der Waals surface area contributed by atoms with Crippen LogP contribution in [-0.2, 0) is 10.3 Å². The van der Waals surface area contributed by atoms with Crippen molar-refractivity contribution < 1.29 is 9.53 Å². The van der Waals surface area contributed by atoms with Crippen LogP contribution in [0.2, 0.25) is 0 Å². The van der Waals surface area contributed by atoms with Crippen LogP contribution in [0.15, 0.2) is 42.6 Å². The Labute approximate surface area is 174 Å². The van der Waals surface area contributed by atoms with Crippen molar-refractivity contribution in [3.8, 4) is 6.07 Å². The second kappa shape index (κ2) is 8.45. The lowest BCUT2D eigenvalue weighted by Gasteiger charge is -2.42. The Hall–Kier alpha value is -2.54. The van der Waals surface area contributed by atoms with Gasteiger partial charge in [0, 0.05) is 18.2 Å². The Balaban J connectivity index is 1.94. The van der Waals surface area contributed by atoms with Crippen LogP contribution < -0.4 is 0 Å². The number of ether oxygens (including phenoxy) is 1. The predicted octanol–water partition coefficient (Wildman–Crippen LogP) is 6.26. The number of hydrogen-bond acceptors (Lipinski definition) is 3. The van der Waals surface area contributed by atoms with Crippen LogP contribution in [0.25, 0.3) is 6.08 Å². The quantitative estimate of drug-likeness (QED) is 0.569. The lowest BCUT2D eigenvalue weighted by atomic mass is 9.75. The van der Waals surface area contributed by atoms with Gasteiger partial charge in [-0.1, -0.05) is 57.0 Å². The lowest BCUT2D eigenvalue weighted by molar-refractivity contribution is -0.0137. The number of fused-ring (bicyclic) bond motifs is 1. The van der Waals surface area contributed by atoms with Crippen LogP contribution in [0.4, 0.5) is 4.79 Å². The first kappa shape index (κ1) is 21.2. The molecule has 0 bridgehead atoms. The summed E-state index contributed by atoms with van der Waals surface area (Å²) in [5.41, 5.74) is 1.48. The molecule has 1 amide bonds. The number of nitrogens with zero attached hydrogens (tertiary/aromatic N) is 2. The second-order valence-corrected chi connectivity index (χ2v) is 9.13. The Bertz CT molecular complexity index is 851. The van der Waals surface area contributed by atoms with Crippen LogP contribution >= 0.6 is 0 Å². The number of nitriles is 1. The highest BCUT2D eigenvalue weighted by Gasteiger charge is 2.46. The first-order valence-corrected chi connectivity index (χ1v) is 10.6. The molecule has 0 radical (unpaired) electrons. The molecule has 1 aromatic carbocycles. The summed E-state index contributed by atoms with van der Waals surface area (Å²) in [6.45, 7) is 12.5. The highest BCUT2D eigenvalue weighted by Crippen LogP contribution is 2.42. The normalized spacial score (nSPS) is 28.6. The predicted molar refractivity (Wildman–Crippen MR) is 116 cm³/mol. The van der Waals surface area contributed by atoms with Gasteiger partial charge in [-0.3, -0.25) is 4.90 Å². The molecule has 1 aromatic rings. The SMILES string of the molecule is C=C(C)CC1(C#N)c2ccccc2C=CN1C(=O)O[C@@H]1C[C@H](C)CC[C@H]1C(C)C. The molecule has 4 heteroatoms. The van der Waals surface area contributed by atoms with Gasteiger partial charge >= 0.3 is 6.09 Å². The second-order valence-electron chi connectivity index (χ2n) is 9.13. The van der Waals surface area contributed by atoms with Crippen molar-refractivity contribution in [2.75, 3.05) is 0 Å². The zero-order valence-electron chi connectivity index (χ0n) is 18.0. The number of hydrogen-bond donors (Lipinski definition) is 0. The molecule has 4 atom stereocenters. The number of amides is 1. The highest BCUT2D eigenvalue weighted by atomic mass is 16.6. The fourth-order valence-electron chi connectivity index (χ4n) is 4.85. The molecule has 1 aliphatic carbocycles. The highest BCUT2D eigenvalue weighted by molar-refractivity contribution is 5.76. The van der Waals surface area contributed by atoms with E-state index in [9.17, 15) is 10.1 Å². The molecule has 0 N–H and O–H groups in total. The van der Waals surface area contributed by atoms with Gasteiger partial charge in [-0.15, -0.1) is 6.58 Å². The van der Waals surface area contributed by atoms with Crippen LogP contribution in [0.1, 0.15) is 64.5 Å². The van der Waals surface area contributed by atoms with Crippen molar-refractivity contribution >= 4 is 12.2 Å².